The number of ether oxygens (including phenoxy) is 1. The van der Waals surface area contributed by atoms with Gasteiger partial charge in [-0.3, -0.25) is 0 Å². The number of phenolic OH excluding ortho intramolecular Hbond substituents is 1. The van der Waals surface area contributed by atoms with Gasteiger partial charge in [0.15, 0.2) is 0 Å². The number of benzene rings is 1. The molecule has 1 aromatic carbocycles. The standard InChI is InChI=1S/C12H19NO2/c1-10(13-7-4-8-15-2)11-5-3-6-12(14)9-11/h3,5-6,9-10,13-14H,4,7-8H2,1-2H3. The highest BCUT2D eigenvalue weighted by Gasteiger charge is 2.04. The Bertz CT molecular complexity index is 289. The van der Waals surface area contributed by atoms with Crippen molar-refractivity contribution < 1.29 is 9.84 Å². The lowest BCUT2D eigenvalue weighted by Crippen LogP contribution is -2.20. The maximum Gasteiger partial charge on any atom is 0.115 e. The molecule has 0 saturated carbocycles. The molecule has 3 nitrogen and oxygen atoms in total. The van der Waals surface area contributed by atoms with Crippen molar-refractivity contribution in [1.29, 1.82) is 0 Å². The average molecular weight is 209 g/mol. The Morgan fingerprint density at radius 3 is 2.93 bits per heavy atom. The topological polar surface area (TPSA) is 41.5 Å². The van der Waals surface area contributed by atoms with E-state index in [9.17, 15) is 5.11 Å². The Balaban J connectivity index is 2.36. The molecule has 1 unspecified atom stereocenters. The van der Waals surface area contributed by atoms with E-state index in [0.29, 0.717) is 5.75 Å². The number of hydrogen-bond donors (Lipinski definition) is 2. The van der Waals surface area contributed by atoms with Crippen molar-refractivity contribution in [1.82, 2.24) is 5.32 Å². The highest BCUT2D eigenvalue weighted by molar-refractivity contribution is 5.28. The molecule has 1 aromatic rings. The summed E-state index contributed by atoms with van der Waals surface area (Å²) in [6.07, 6.45) is 1.000. The lowest BCUT2D eigenvalue weighted by atomic mass is 10.1. The molecule has 0 aliphatic heterocycles. The molecule has 0 saturated heterocycles. The smallest absolute Gasteiger partial charge is 0.115 e. The highest BCUT2D eigenvalue weighted by Crippen LogP contribution is 2.17. The maximum atomic E-state index is 9.32. The number of aromatic hydroxyl groups is 1. The van der Waals surface area contributed by atoms with Crippen LogP contribution in [0.1, 0.15) is 24.9 Å². The summed E-state index contributed by atoms with van der Waals surface area (Å²) < 4.78 is 4.97. The van der Waals surface area contributed by atoms with Crippen LogP contribution < -0.4 is 5.32 Å². The van der Waals surface area contributed by atoms with E-state index in [0.717, 1.165) is 25.1 Å². The Morgan fingerprint density at radius 2 is 2.27 bits per heavy atom. The fourth-order valence-electron chi connectivity index (χ4n) is 1.45. The Labute approximate surface area is 91.1 Å². The van der Waals surface area contributed by atoms with Crippen LogP contribution in [0.3, 0.4) is 0 Å². The van der Waals surface area contributed by atoms with Gasteiger partial charge in [0.1, 0.15) is 5.75 Å². The molecule has 0 aliphatic carbocycles. The first-order valence-electron chi connectivity index (χ1n) is 5.25. The minimum atomic E-state index is 0.258. The predicted molar refractivity (Wildman–Crippen MR) is 61.0 cm³/mol. The SMILES string of the molecule is COCCCNC(C)c1cccc(O)c1. The van der Waals surface area contributed by atoms with Gasteiger partial charge in [-0.1, -0.05) is 12.1 Å². The molecule has 84 valence electrons. The summed E-state index contributed by atoms with van der Waals surface area (Å²) in [7, 11) is 1.71. The van der Waals surface area contributed by atoms with Crippen LogP contribution in [0.2, 0.25) is 0 Å². The van der Waals surface area contributed by atoms with Gasteiger partial charge in [0.05, 0.1) is 0 Å². The van der Waals surface area contributed by atoms with Gasteiger partial charge in [-0.2, -0.15) is 0 Å². The largest absolute Gasteiger partial charge is 0.508 e. The molecule has 0 bridgehead atoms. The molecule has 0 radical (unpaired) electrons. The molecule has 15 heavy (non-hydrogen) atoms. The molecular weight excluding hydrogens is 190 g/mol. The first-order valence-corrected chi connectivity index (χ1v) is 5.25. The number of nitrogens with one attached hydrogen (secondary N) is 1. The zero-order chi connectivity index (χ0) is 11.1. The van der Waals surface area contributed by atoms with Gasteiger partial charge < -0.3 is 15.2 Å². The first kappa shape index (κ1) is 12.0. The second-order valence-electron chi connectivity index (χ2n) is 3.62. The number of phenols is 1. The maximum absolute atomic E-state index is 9.32. The minimum Gasteiger partial charge on any atom is -0.508 e. The van der Waals surface area contributed by atoms with Crippen molar-refractivity contribution >= 4 is 0 Å². The van der Waals surface area contributed by atoms with Crippen LogP contribution >= 0.6 is 0 Å². The van der Waals surface area contributed by atoms with Gasteiger partial charge in [-0.15, -0.1) is 0 Å². The second-order valence-corrected chi connectivity index (χ2v) is 3.62. The van der Waals surface area contributed by atoms with E-state index in [-0.39, 0.29) is 6.04 Å². The molecule has 1 atom stereocenters. The minimum absolute atomic E-state index is 0.258. The van der Waals surface area contributed by atoms with Crippen molar-refractivity contribution in [3.05, 3.63) is 29.8 Å². The molecule has 0 aromatic heterocycles. The lowest BCUT2D eigenvalue weighted by Gasteiger charge is -2.14. The van der Waals surface area contributed by atoms with E-state index in [4.69, 9.17) is 4.74 Å². The van der Waals surface area contributed by atoms with Gasteiger partial charge >= 0.3 is 0 Å². The van der Waals surface area contributed by atoms with Crippen molar-refractivity contribution in [3.8, 4) is 5.75 Å². The van der Waals surface area contributed by atoms with Crippen LogP contribution in [0.4, 0.5) is 0 Å². The monoisotopic (exact) mass is 209 g/mol. The third-order valence-corrected chi connectivity index (χ3v) is 2.35. The van der Waals surface area contributed by atoms with E-state index in [1.165, 1.54) is 0 Å². The number of methoxy groups -OCH3 is 1. The zero-order valence-electron chi connectivity index (χ0n) is 9.36. The van der Waals surface area contributed by atoms with E-state index in [1.54, 1.807) is 19.2 Å². The average Bonchev–Trinajstić information content (AvgIpc) is 2.24. The number of rotatable bonds is 6. The summed E-state index contributed by atoms with van der Waals surface area (Å²) >= 11 is 0. The number of hydrogen-bond acceptors (Lipinski definition) is 3. The highest BCUT2D eigenvalue weighted by atomic mass is 16.5. The normalized spacial score (nSPS) is 12.7. The second kappa shape index (κ2) is 6.43. The summed E-state index contributed by atoms with van der Waals surface area (Å²) in [4.78, 5) is 0. The Morgan fingerprint density at radius 1 is 1.47 bits per heavy atom. The van der Waals surface area contributed by atoms with Crippen LogP contribution in [0.25, 0.3) is 0 Å². The summed E-state index contributed by atoms with van der Waals surface area (Å²) in [5.41, 5.74) is 1.10. The molecule has 3 heteroatoms. The molecule has 0 aliphatic rings. The van der Waals surface area contributed by atoms with Crippen LogP contribution in [0, 0.1) is 0 Å². The zero-order valence-corrected chi connectivity index (χ0v) is 9.36. The first-order chi connectivity index (χ1) is 7.24. The van der Waals surface area contributed by atoms with Gasteiger partial charge in [-0.25, -0.2) is 0 Å². The molecule has 0 amide bonds. The fourth-order valence-corrected chi connectivity index (χ4v) is 1.45. The molecule has 1 rings (SSSR count). The van der Waals surface area contributed by atoms with E-state index >= 15 is 0 Å². The van der Waals surface area contributed by atoms with E-state index < -0.39 is 0 Å². The fraction of sp³-hybridized carbons (Fsp3) is 0.500. The summed E-state index contributed by atoms with van der Waals surface area (Å²) in [5.74, 6) is 0.318. The van der Waals surface area contributed by atoms with Crippen LogP contribution in [-0.2, 0) is 4.74 Å². The Hall–Kier alpha value is -1.06. The van der Waals surface area contributed by atoms with Gasteiger partial charge in [0.2, 0.25) is 0 Å². The summed E-state index contributed by atoms with van der Waals surface area (Å²) in [6.45, 7) is 3.78. The summed E-state index contributed by atoms with van der Waals surface area (Å²) in [6, 6.07) is 7.59. The molecule has 0 heterocycles. The molecular formula is C12H19NO2. The quantitative estimate of drug-likeness (QED) is 0.705. The molecule has 2 N–H and O–H groups in total. The summed E-state index contributed by atoms with van der Waals surface area (Å²) in [5, 5.41) is 12.7. The van der Waals surface area contributed by atoms with Crippen molar-refractivity contribution in [3.63, 3.8) is 0 Å². The van der Waals surface area contributed by atoms with Crippen molar-refractivity contribution in [2.45, 2.75) is 19.4 Å². The third-order valence-electron chi connectivity index (χ3n) is 2.35. The third kappa shape index (κ3) is 4.32. The van der Waals surface area contributed by atoms with Gasteiger partial charge in [0, 0.05) is 19.8 Å². The van der Waals surface area contributed by atoms with Crippen LogP contribution in [-0.4, -0.2) is 25.4 Å². The van der Waals surface area contributed by atoms with Crippen molar-refractivity contribution in [2.75, 3.05) is 20.3 Å². The van der Waals surface area contributed by atoms with Crippen LogP contribution in [0.5, 0.6) is 5.75 Å². The van der Waals surface area contributed by atoms with Crippen molar-refractivity contribution in [2.24, 2.45) is 0 Å². The van der Waals surface area contributed by atoms with Gasteiger partial charge in [0.25, 0.3) is 0 Å². The van der Waals surface area contributed by atoms with Gasteiger partial charge in [-0.05, 0) is 37.6 Å². The van der Waals surface area contributed by atoms with E-state index in [1.807, 2.05) is 12.1 Å². The Kier molecular flexibility index (Phi) is 5.15. The molecule has 0 spiro atoms. The van der Waals surface area contributed by atoms with Crippen LogP contribution in [0.15, 0.2) is 24.3 Å². The lowest BCUT2D eigenvalue weighted by molar-refractivity contribution is 0.193. The molecule has 0 fully saturated rings. The van der Waals surface area contributed by atoms with E-state index in [2.05, 4.69) is 12.2 Å². The predicted octanol–water partition coefficient (Wildman–Crippen LogP) is 2.08.